The Morgan fingerprint density at radius 2 is 1.75 bits per heavy atom. The van der Waals surface area contributed by atoms with Crippen molar-refractivity contribution < 1.29 is 23.1 Å². The van der Waals surface area contributed by atoms with Crippen LogP contribution >= 0.6 is 7.94 Å². The molecule has 0 aromatic carbocycles. The Labute approximate surface area is 69.6 Å². The first kappa shape index (κ1) is 11.6. The predicted molar refractivity (Wildman–Crippen MR) is 44.1 cm³/mol. The quantitative estimate of drug-likeness (QED) is 0.660. The fraction of sp³-hybridized carbons (Fsp3) is 0.333. The Morgan fingerprint density at radius 1 is 1.17 bits per heavy atom. The molecular formula is C6H11F2O3P. The Kier molecular flexibility index (Phi) is 6.02. The first-order valence-electron chi connectivity index (χ1n) is 3.21. The molecule has 0 heterocycles. The van der Waals surface area contributed by atoms with Crippen molar-refractivity contribution in [3.8, 4) is 0 Å². The molecule has 0 atom stereocenters. The zero-order valence-corrected chi connectivity index (χ0v) is 7.28. The van der Waals surface area contributed by atoms with Gasteiger partial charge in [0.05, 0.1) is 0 Å². The second-order valence-electron chi connectivity index (χ2n) is 1.98. The summed E-state index contributed by atoms with van der Waals surface area (Å²) in [6.45, 7) is -0.226. The van der Waals surface area contributed by atoms with E-state index < -0.39 is 7.94 Å². The van der Waals surface area contributed by atoms with E-state index in [1.54, 1.807) is 0 Å². The van der Waals surface area contributed by atoms with Gasteiger partial charge in [-0.3, -0.25) is 0 Å². The predicted octanol–water partition coefficient (Wildman–Crippen LogP) is 1.45. The van der Waals surface area contributed by atoms with Crippen LogP contribution in [-0.4, -0.2) is 22.6 Å². The van der Waals surface area contributed by atoms with Gasteiger partial charge in [-0.25, -0.2) is 0 Å². The van der Waals surface area contributed by atoms with Crippen molar-refractivity contribution in [2.45, 2.75) is 0 Å². The Balaban J connectivity index is 3.70. The van der Waals surface area contributed by atoms with E-state index >= 15 is 0 Å². The van der Waals surface area contributed by atoms with E-state index in [-0.39, 0.29) is 25.4 Å². The average Bonchev–Trinajstić information content (AvgIpc) is 2.01. The van der Waals surface area contributed by atoms with E-state index in [2.05, 4.69) is 4.52 Å². The first-order valence-corrected chi connectivity index (χ1v) is 5.22. The van der Waals surface area contributed by atoms with Gasteiger partial charge in [0, 0.05) is 0 Å². The molecule has 0 fully saturated rings. The topological polar surface area (TPSA) is 49.7 Å². The van der Waals surface area contributed by atoms with E-state index in [0.29, 0.717) is 0 Å². The van der Waals surface area contributed by atoms with Gasteiger partial charge in [0.2, 0.25) is 0 Å². The normalized spacial score (nSPS) is 14.7. The van der Waals surface area contributed by atoms with Crippen molar-refractivity contribution in [1.82, 2.24) is 0 Å². The van der Waals surface area contributed by atoms with E-state index in [1.807, 2.05) is 0 Å². The summed E-state index contributed by atoms with van der Waals surface area (Å²) < 4.78 is 27.2. The van der Waals surface area contributed by atoms with E-state index in [1.165, 1.54) is 0 Å². The molecule has 0 aliphatic carbocycles. The van der Waals surface area contributed by atoms with Crippen molar-refractivity contribution in [3.05, 3.63) is 24.8 Å². The summed E-state index contributed by atoms with van der Waals surface area (Å²) in [5.41, 5.74) is 0. The summed E-state index contributed by atoms with van der Waals surface area (Å²) in [7, 11) is -3.81. The minimum atomic E-state index is -3.81. The monoisotopic (exact) mass is 200 g/mol. The van der Waals surface area contributed by atoms with Gasteiger partial charge in [0.1, 0.15) is 0 Å². The van der Waals surface area contributed by atoms with Crippen molar-refractivity contribution in [1.29, 1.82) is 0 Å². The third-order valence-electron chi connectivity index (χ3n) is 0.973. The molecule has 72 valence electrons. The molecule has 0 aromatic heterocycles. The third kappa shape index (κ3) is 6.37. The van der Waals surface area contributed by atoms with Crippen LogP contribution in [0.5, 0.6) is 0 Å². The molecule has 0 aliphatic rings. The van der Waals surface area contributed by atoms with Gasteiger partial charge in [-0.2, -0.15) is 0 Å². The number of allylic oxidation sites excluding steroid dienone is 1. The standard InChI is InChI=1S/C6H11F2O3P/c7-3-1-5-11-12(9,10)6-2-4-8/h1-4,9-10,12H,5-6H2. The van der Waals surface area contributed by atoms with Crippen LogP contribution in [0.2, 0.25) is 0 Å². The second kappa shape index (κ2) is 6.20. The van der Waals surface area contributed by atoms with Crippen LogP contribution in [0.4, 0.5) is 8.78 Å². The van der Waals surface area contributed by atoms with Gasteiger partial charge >= 0.3 is 68.6 Å². The fourth-order valence-corrected chi connectivity index (χ4v) is 1.35. The Hall–Kier alpha value is -0.350. The van der Waals surface area contributed by atoms with Crippen LogP contribution in [-0.2, 0) is 4.52 Å². The maximum atomic E-state index is 11.4. The zero-order chi connectivity index (χ0) is 9.45. The Bertz CT molecular complexity index is 170. The zero-order valence-electron chi connectivity index (χ0n) is 6.28. The van der Waals surface area contributed by atoms with Gasteiger partial charge in [-0.15, -0.1) is 0 Å². The van der Waals surface area contributed by atoms with Crippen LogP contribution in [0.1, 0.15) is 0 Å². The van der Waals surface area contributed by atoms with E-state index in [4.69, 9.17) is 9.79 Å². The first-order chi connectivity index (χ1) is 5.62. The van der Waals surface area contributed by atoms with E-state index in [0.717, 1.165) is 12.2 Å². The summed E-state index contributed by atoms with van der Waals surface area (Å²) >= 11 is 0. The summed E-state index contributed by atoms with van der Waals surface area (Å²) in [5, 5.41) is 0. The van der Waals surface area contributed by atoms with Gasteiger partial charge in [0.15, 0.2) is 0 Å². The molecule has 0 unspecified atom stereocenters. The molecule has 12 heavy (non-hydrogen) atoms. The molecule has 0 rings (SSSR count). The van der Waals surface area contributed by atoms with Gasteiger partial charge in [0.25, 0.3) is 0 Å². The Morgan fingerprint density at radius 3 is 2.25 bits per heavy atom. The number of hydrogen-bond acceptors (Lipinski definition) is 3. The summed E-state index contributed by atoms with van der Waals surface area (Å²) in [5.74, 6) is 0. The maximum absolute atomic E-state index is 11.4. The van der Waals surface area contributed by atoms with Crippen LogP contribution in [0, 0.1) is 0 Å². The summed E-state index contributed by atoms with van der Waals surface area (Å²) in [4.78, 5) is 17.9. The van der Waals surface area contributed by atoms with Gasteiger partial charge in [-0.05, 0) is 0 Å². The molecule has 0 spiro atoms. The van der Waals surface area contributed by atoms with Crippen molar-refractivity contribution >= 4 is 7.94 Å². The minimum absolute atomic E-state index is 0.197. The molecule has 0 aliphatic heterocycles. The molecule has 0 aromatic rings. The average molecular weight is 200 g/mol. The molecule has 3 nitrogen and oxygen atoms in total. The summed E-state index contributed by atoms with van der Waals surface area (Å²) in [6, 6.07) is 0. The van der Waals surface area contributed by atoms with Crippen LogP contribution < -0.4 is 0 Å². The molecule has 0 amide bonds. The molecule has 0 saturated heterocycles. The van der Waals surface area contributed by atoms with Crippen LogP contribution in [0.15, 0.2) is 24.8 Å². The molecule has 6 heteroatoms. The summed E-state index contributed by atoms with van der Waals surface area (Å²) in [6.07, 6.45) is 2.07. The van der Waals surface area contributed by atoms with Gasteiger partial charge in [-0.1, -0.05) is 0 Å². The van der Waals surface area contributed by atoms with Gasteiger partial charge < -0.3 is 0 Å². The van der Waals surface area contributed by atoms with Crippen molar-refractivity contribution in [3.63, 3.8) is 0 Å². The van der Waals surface area contributed by atoms with Crippen LogP contribution in [0.3, 0.4) is 0 Å². The molecule has 0 bridgehead atoms. The molecule has 0 saturated carbocycles. The fourth-order valence-electron chi connectivity index (χ4n) is 0.475. The second-order valence-corrected chi connectivity index (χ2v) is 4.16. The number of rotatable bonds is 5. The number of halogens is 2. The third-order valence-corrected chi connectivity index (χ3v) is 2.37. The van der Waals surface area contributed by atoms with Crippen molar-refractivity contribution in [2.75, 3.05) is 12.8 Å². The molecular weight excluding hydrogens is 189 g/mol. The van der Waals surface area contributed by atoms with E-state index in [9.17, 15) is 8.78 Å². The van der Waals surface area contributed by atoms with Crippen molar-refractivity contribution in [2.24, 2.45) is 0 Å². The SMILES string of the molecule is O[PH](O)(CC=CF)OCC=CF. The van der Waals surface area contributed by atoms with Crippen LogP contribution in [0.25, 0.3) is 0 Å². The number of hydrogen-bond donors (Lipinski definition) is 2. The molecule has 2 N–H and O–H groups in total. The molecule has 0 radical (unpaired) electrons.